The van der Waals surface area contributed by atoms with E-state index in [4.69, 9.17) is 14.7 Å². The van der Waals surface area contributed by atoms with Gasteiger partial charge in [0.25, 0.3) is 0 Å². The first-order chi connectivity index (χ1) is 10.2. The third-order valence-corrected chi connectivity index (χ3v) is 3.93. The van der Waals surface area contributed by atoms with Crippen molar-refractivity contribution in [2.45, 2.75) is 31.0 Å². The Morgan fingerprint density at radius 1 is 1.48 bits per heavy atom. The number of nitrogens with one attached hydrogen (secondary N) is 1. The highest BCUT2D eigenvalue weighted by Crippen LogP contribution is 2.34. The van der Waals surface area contributed by atoms with E-state index in [9.17, 15) is 5.11 Å². The molecule has 0 bridgehead atoms. The molecule has 0 heterocycles. The van der Waals surface area contributed by atoms with Gasteiger partial charge in [0.15, 0.2) is 0 Å². The molecule has 1 aliphatic rings. The summed E-state index contributed by atoms with van der Waals surface area (Å²) in [6.07, 6.45) is 2.76. The van der Waals surface area contributed by atoms with Crippen LogP contribution in [0.3, 0.4) is 0 Å². The summed E-state index contributed by atoms with van der Waals surface area (Å²) < 4.78 is 11.0. The van der Waals surface area contributed by atoms with Crippen molar-refractivity contribution >= 4 is 0 Å². The van der Waals surface area contributed by atoms with Crippen molar-refractivity contribution in [3.63, 3.8) is 0 Å². The zero-order valence-corrected chi connectivity index (χ0v) is 12.3. The Morgan fingerprint density at radius 2 is 2.29 bits per heavy atom. The molecule has 2 rings (SSSR count). The Kier molecular flexibility index (Phi) is 5.57. The summed E-state index contributed by atoms with van der Waals surface area (Å²) in [5.41, 5.74) is 0.508. The Bertz CT molecular complexity index is 489. The molecule has 1 aromatic carbocycles. The molecule has 114 valence electrons. The maximum absolute atomic E-state index is 9.90. The molecule has 1 atom stereocenters. The number of hydrogen-bond acceptors (Lipinski definition) is 5. The minimum atomic E-state index is -0.593. The van der Waals surface area contributed by atoms with Crippen LogP contribution in [-0.2, 0) is 4.74 Å². The summed E-state index contributed by atoms with van der Waals surface area (Å²) in [5.74, 6) is 0.598. The van der Waals surface area contributed by atoms with Gasteiger partial charge in [0.2, 0.25) is 0 Å². The molecule has 5 heteroatoms. The summed E-state index contributed by atoms with van der Waals surface area (Å²) in [5, 5.41) is 21.9. The second-order valence-corrected chi connectivity index (χ2v) is 5.48. The standard InChI is InChI=1S/C16H22N2O3/c1-20-16(6-3-7-16)12-18-10-14(19)11-21-15-5-2-4-13(8-15)9-17/h2,4-5,8,14,18-19H,3,6-7,10-12H2,1H3. The number of rotatable bonds is 8. The van der Waals surface area contributed by atoms with Crippen LogP contribution in [0.15, 0.2) is 24.3 Å². The van der Waals surface area contributed by atoms with Gasteiger partial charge in [-0.2, -0.15) is 5.26 Å². The summed E-state index contributed by atoms with van der Waals surface area (Å²) in [4.78, 5) is 0. The van der Waals surface area contributed by atoms with Crippen molar-refractivity contribution < 1.29 is 14.6 Å². The van der Waals surface area contributed by atoms with Crippen LogP contribution in [-0.4, -0.2) is 43.6 Å². The van der Waals surface area contributed by atoms with Gasteiger partial charge in [0.05, 0.1) is 17.2 Å². The molecule has 0 radical (unpaired) electrons. The molecule has 1 fully saturated rings. The van der Waals surface area contributed by atoms with Crippen LogP contribution in [0.25, 0.3) is 0 Å². The second kappa shape index (κ2) is 7.41. The predicted molar refractivity (Wildman–Crippen MR) is 79.1 cm³/mol. The fourth-order valence-electron chi connectivity index (χ4n) is 2.40. The molecule has 0 amide bonds. The topological polar surface area (TPSA) is 74.5 Å². The van der Waals surface area contributed by atoms with Crippen LogP contribution in [0.2, 0.25) is 0 Å². The molecule has 0 saturated heterocycles. The third-order valence-electron chi connectivity index (χ3n) is 3.93. The summed E-state index contributed by atoms with van der Waals surface area (Å²) in [6, 6.07) is 8.97. The molecule has 1 saturated carbocycles. The average molecular weight is 290 g/mol. The predicted octanol–water partition coefficient (Wildman–Crippen LogP) is 1.46. The van der Waals surface area contributed by atoms with Crippen LogP contribution in [0.4, 0.5) is 0 Å². The Labute approximate surface area is 125 Å². The first-order valence-electron chi connectivity index (χ1n) is 7.24. The largest absolute Gasteiger partial charge is 0.491 e. The molecule has 0 spiro atoms. The van der Waals surface area contributed by atoms with E-state index >= 15 is 0 Å². The lowest BCUT2D eigenvalue weighted by atomic mass is 9.80. The third kappa shape index (κ3) is 4.43. The highest BCUT2D eigenvalue weighted by molar-refractivity contribution is 5.36. The fraction of sp³-hybridized carbons (Fsp3) is 0.562. The number of nitriles is 1. The number of methoxy groups -OCH3 is 1. The number of aliphatic hydroxyl groups excluding tert-OH is 1. The summed E-state index contributed by atoms with van der Waals surface area (Å²) in [7, 11) is 1.74. The Hall–Kier alpha value is -1.61. The first kappa shape index (κ1) is 15.8. The molecule has 1 aromatic rings. The normalized spacial score (nSPS) is 17.6. The van der Waals surface area contributed by atoms with Gasteiger partial charge < -0.3 is 19.9 Å². The molecule has 2 N–H and O–H groups in total. The van der Waals surface area contributed by atoms with Gasteiger partial charge in [-0.3, -0.25) is 0 Å². The lowest BCUT2D eigenvalue weighted by Gasteiger charge is -2.40. The molecule has 5 nitrogen and oxygen atoms in total. The smallest absolute Gasteiger partial charge is 0.120 e. The van der Waals surface area contributed by atoms with Crippen LogP contribution in [0.1, 0.15) is 24.8 Å². The van der Waals surface area contributed by atoms with Crippen molar-refractivity contribution in [1.82, 2.24) is 5.32 Å². The number of aliphatic hydroxyl groups is 1. The number of hydrogen-bond donors (Lipinski definition) is 2. The van der Waals surface area contributed by atoms with Gasteiger partial charge in [-0.1, -0.05) is 6.07 Å². The van der Waals surface area contributed by atoms with Crippen molar-refractivity contribution in [1.29, 1.82) is 5.26 Å². The van der Waals surface area contributed by atoms with E-state index in [-0.39, 0.29) is 12.2 Å². The first-order valence-corrected chi connectivity index (χ1v) is 7.24. The molecular formula is C16H22N2O3. The second-order valence-electron chi connectivity index (χ2n) is 5.48. The van der Waals surface area contributed by atoms with Gasteiger partial charge in [-0.15, -0.1) is 0 Å². The van der Waals surface area contributed by atoms with Crippen LogP contribution >= 0.6 is 0 Å². The maximum Gasteiger partial charge on any atom is 0.120 e. The average Bonchev–Trinajstić information content (AvgIpc) is 2.48. The summed E-state index contributed by atoms with van der Waals surface area (Å²) in [6.45, 7) is 1.41. The van der Waals surface area contributed by atoms with E-state index in [1.807, 2.05) is 0 Å². The number of ether oxygens (including phenoxy) is 2. The monoisotopic (exact) mass is 290 g/mol. The van der Waals surface area contributed by atoms with Crippen LogP contribution in [0, 0.1) is 11.3 Å². The van der Waals surface area contributed by atoms with Crippen molar-refractivity contribution in [3.05, 3.63) is 29.8 Å². The van der Waals surface area contributed by atoms with E-state index in [0.29, 0.717) is 17.9 Å². The van der Waals surface area contributed by atoms with Gasteiger partial charge in [-0.05, 0) is 37.5 Å². The van der Waals surface area contributed by atoms with E-state index in [1.165, 1.54) is 6.42 Å². The van der Waals surface area contributed by atoms with Crippen molar-refractivity contribution in [2.24, 2.45) is 0 Å². The molecule has 1 unspecified atom stereocenters. The Morgan fingerprint density at radius 3 is 2.90 bits per heavy atom. The van der Waals surface area contributed by atoms with Crippen LogP contribution in [0.5, 0.6) is 5.75 Å². The summed E-state index contributed by atoms with van der Waals surface area (Å²) >= 11 is 0. The molecule has 0 aliphatic heterocycles. The molecule has 0 aromatic heterocycles. The van der Waals surface area contributed by atoms with Crippen molar-refractivity contribution in [3.8, 4) is 11.8 Å². The van der Waals surface area contributed by atoms with Gasteiger partial charge in [0, 0.05) is 20.2 Å². The minimum Gasteiger partial charge on any atom is -0.491 e. The van der Waals surface area contributed by atoms with E-state index in [1.54, 1.807) is 31.4 Å². The SMILES string of the molecule is COC1(CNCC(O)COc2cccc(C#N)c2)CCC1. The van der Waals surface area contributed by atoms with Crippen LogP contribution < -0.4 is 10.1 Å². The van der Waals surface area contributed by atoms with E-state index in [2.05, 4.69) is 11.4 Å². The molecule has 21 heavy (non-hydrogen) atoms. The van der Waals surface area contributed by atoms with Gasteiger partial charge in [0.1, 0.15) is 18.5 Å². The molecule has 1 aliphatic carbocycles. The van der Waals surface area contributed by atoms with E-state index < -0.39 is 6.10 Å². The molecular weight excluding hydrogens is 268 g/mol. The minimum absolute atomic E-state index is 0.0400. The highest BCUT2D eigenvalue weighted by Gasteiger charge is 2.36. The lowest BCUT2D eigenvalue weighted by molar-refractivity contribution is -0.0706. The zero-order chi connectivity index (χ0) is 15.1. The quantitative estimate of drug-likeness (QED) is 0.758. The van der Waals surface area contributed by atoms with E-state index in [0.717, 1.165) is 19.4 Å². The zero-order valence-electron chi connectivity index (χ0n) is 12.3. The number of nitrogens with zero attached hydrogens (tertiary/aromatic N) is 1. The van der Waals surface area contributed by atoms with Gasteiger partial charge in [-0.25, -0.2) is 0 Å². The highest BCUT2D eigenvalue weighted by atomic mass is 16.5. The fourth-order valence-corrected chi connectivity index (χ4v) is 2.40. The Balaban J connectivity index is 1.67. The van der Waals surface area contributed by atoms with Gasteiger partial charge >= 0.3 is 0 Å². The van der Waals surface area contributed by atoms with Crippen molar-refractivity contribution in [2.75, 3.05) is 26.8 Å². The number of benzene rings is 1. The lowest BCUT2D eigenvalue weighted by Crippen LogP contribution is -2.49. The maximum atomic E-state index is 9.90.